The molecule has 37 heteroatoms. The highest BCUT2D eigenvalue weighted by atomic mass is 16.7. The summed E-state index contributed by atoms with van der Waals surface area (Å²) in [6, 6.07) is 0.557. The van der Waals surface area contributed by atoms with Crippen molar-refractivity contribution < 1.29 is 114 Å². The quantitative estimate of drug-likeness (QED) is 0.0199. The second kappa shape index (κ2) is 112. The summed E-state index contributed by atoms with van der Waals surface area (Å²) in [5.41, 5.74) is 71.2. The maximum atomic E-state index is 5.84. The van der Waals surface area contributed by atoms with E-state index in [9.17, 15) is 0 Å². The predicted octanol–water partition coefficient (Wildman–Crippen LogP) is 17.7. The van der Waals surface area contributed by atoms with Crippen LogP contribution in [0, 0.1) is 40.4 Å². The van der Waals surface area contributed by atoms with Crippen LogP contribution in [0.4, 0.5) is 0 Å². The molecular formula is C112H261N13O24. The molecule has 0 heterocycles. The van der Waals surface area contributed by atoms with E-state index in [-0.39, 0.29) is 108 Å². The first-order valence-corrected chi connectivity index (χ1v) is 56.2. The van der Waals surface area contributed by atoms with E-state index in [0.29, 0.717) is 182 Å². The van der Waals surface area contributed by atoms with Crippen LogP contribution in [0.25, 0.3) is 0 Å². The molecule has 0 aromatic heterocycles. The van der Waals surface area contributed by atoms with Crippen molar-refractivity contribution in [2.45, 2.75) is 503 Å². The van der Waals surface area contributed by atoms with Crippen molar-refractivity contribution in [3.63, 3.8) is 0 Å². The summed E-state index contributed by atoms with van der Waals surface area (Å²) in [6.45, 7) is 110. The third-order valence-electron chi connectivity index (χ3n) is 19.0. The lowest BCUT2D eigenvalue weighted by Gasteiger charge is -2.32. The van der Waals surface area contributed by atoms with Gasteiger partial charge >= 0.3 is 0 Å². The lowest BCUT2D eigenvalue weighted by molar-refractivity contribution is -0.250. The summed E-state index contributed by atoms with van der Waals surface area (Å²) < 4.78 is 129. The van der Waals surface area contributed by atoms with Crippen molar-refractivity contribution in [2.24, 2.45) is 115 Å². The maximum Gasteiger partial charge on any atom is 0.163 e. The van der Waals surface area contributed by atoms with Crippen molar-refractivity contribution in [3.05, 3.63) is 0 Å². The van der Waals surface area contributed by atoms with Gasteiger partial charge in [-0.1, -0.05) is 179 Å². The third-order valence-corrected chi connectivity index (χ3v) is 19.0. The average molecular weight is 2170 g/mol. The largest absolute Gasteiger partial charge is 0.355 e. The van der Waals surface area contributed by atoms with E-state index in [0.717, 1.165) is 104 Å². The van der Waals surface area contributed by atoms with Crippen LogP contribution in [-0.2, 0) is 114 Å². The van der Waals surface area contributed by atoms with Gasteiger partial charge in [-0.05, 0) is 245 Å². The lowest BCUT2D eigenvalue weighted by atomic mass is 9.98. The van der Waals surface area contributed by atoms with Crippen molar-refractivity contribution >= 4 is 0 Å². The van der Waals surface area contributed by atoms with Crippen molar-refractivity contribution in [3.8, 4) is 0 Å². The van der Waals surface area contributed by atoms with Crippen LogP contribution in [0.1, 0.15) is 383 Å². The Bertz CT molecular complexity index is 2390. The van der Waals surface area contributed by atoms with Crippen LogP contribution in [-0.4, -0.2) is 312 Å². The number of hydrogen-bond donors (Lipinski definition) is 13. The van der Waals surface area contributed by atoms with E-state index in [1.165, 1.54) is 0 Å². The van der Waals surface area contributed by atoms with E-state index in [1.807, 2.05) is 166 Å². The molecule has 149 heavy (non-hydrogen) atoms. The Morgan fingerprint density at radius 3 is 0.926 bits per heavy atom. The predicted molar refractivity (Wildman–Crippen MR) is 621 cm³/mol. The van der Waals surface area contributed by atoms with E-state index in [1.54, 1.807) is 0 Å². The maximum absolute atomic E-state index is 5.84. The molecule has 0 aliphatic heterocycles. The van der Waals surface area contributed by atoms with Gasteiger partial charge in [0.05, 0.1) is 143 Å². The van der Waals surface area contributed by atoms with Crippen LogP contribution in [0.5, 0.6) is 0 Å². The summed E-state index contributed by atoms with van der Waals surface area (Å²) in [6.07, 6.45) is 10.1. The van der Waals surface area contributed by atoms with Gasteiger partial charge in [0.25, 0.3) is 0 Å². The van der Waals surface area contributed by atoms with Crippen LogP contribution in [0.2, 0.25) is 0 Å². The Morgan fingerprint density at radius 1 is 0.228 bits per heavy atom. The third kappa shape index (κ3) is 169. The highest BCUT2D eigenvalue weighted by Crippen LogP contribution is 2.23. The summed E-state index contributed by atoms with van der Waals surface area (Å²) in [7, 11) is 0. The molecule has 0 fully saturated rings. The minimum Gasteiger partial charge on any atom is -0.355 e. The highest BCUT2D eigenvalue weighted by molar-refractivity contribution is 4.74. The van der Waals surface area contributed by atoms with E-state index in [4.69, 9.17) is 188 Å². The lowest BCUT2D eigenvalue weighted by Crippen LogP contribution is -2.42. The first-order valence-electron chi connectivity index (χ1n) is 56.2. The van der Waals surface area contributed by atoms with Crippen molar-refractivity contribution in [1.82, 2.24) is 0 Å². The molecule has 0 amide bonds. The Hall–Kier alpha value is -1.48. The summed E-state index contributed by atoms with van der Waals surface area (Å²) >= 11 is 0. The molecule has 0 aliphatic rings. The zero-order valence-corrected chi connectivity index (χ0v) is 106. The molecule has 918 valence electrons. The summed E-state index contributed by atoms with van der Waals surface area (Å²) in [4.78, 5) is 0. The number of rotatable bonds is 76. The molecule has 16 unspecified atom stereocenters. The first-order chi connectivity index (χ1) is 68.7. The second-order valence-corrected chi connectivity index (χ2v) is 44.8. The molecular weight excluding hydrogens is 1910 g/mol. The van der Waals surface area contributed by atoms with Gasteiger partial charge in [0, 0.05) is 93.8 Å². The molecule has 37 nitrogen and oxygen atoms in total. The molecule has 0 spiro atoms. The smallest absolute Gasteiger partial charge is 0.163 e. The zero-order chi connectivity index (χ0) is 119. The molecule has 0 radical (unpaired) electrons. The first kappa shape index (κ1) is 172. The van der Waals surface area contributed by atoms with Gasteiger partial charge in [0.15, 0.2) is 54.6 Å². The van der Waals surface area contributed by atoms with E-state index < -0.39 is 23.1 Å². The fraction of sp³-hybridized carbons (Fsp3) is 1.00. The van der Waals surface area contributed by atoms with Crippen molar-refractivity contribution in [1.29, 1.82) is 0 Å². The minimum atomic E-state index is -0.566. The van der Waals surface area contributed by atoms with E-state index in [2.05, 4.69) is 152 Å². The normalized spacial score (nSPS) is 15.2. The number of hydrogen-bond acceptors (Lipinski definition) is 37. The van der Waals surface area contributed by atoms with Gasteiger partial charge in [0.1, 0.15) is 20.4 Å². The summed E-state index contributed by atoms with van der Waals surface area (Å²) in [5, 5.41) is 0. The Labute approximate surface area is 918 Å². The standard InChI is InChI=1S/C12H27NO2.3C11H25NO2.3C10H23NO2.C9H21NO2.2C8H19NO2.C6H16N2O2.C6H15NO2/c1-10(2,3)8-14-12(6,7)15-9-11(4,5)13;1-9(13-7-10(2,3)4)14-8-11(5,6)12;2*1-5-9(3)7-13-10(4)14-8-11(12)6-2;1-8(2)6-12-10(4,5)13-7-9(3)11;1-6-8(2)12-10(4,5)13-9(3)7-11;1-4-9(3)6-12-8-13-7-10(11)5-2;1-5-7(2)11-9(4)12-8(3)6-10;1-7(2)4-10-6-11-5-8(3)9;1-4-6-10-8(2,3)11-7-5-9;1-6(9-4-2-7)10-5-3-8;1-2-4-8-6-9-5-3-7/h8-9,13H2,1-7H3;9H,7-8,12H2,1-6H3;2*9-11H,5-8,12H2,1-4H3;2*8-9H,6-7,11H2,1-5H3;9-10H,4-8,11H2,1-3H3;7-9H,5-6,10H2,1-4H3;7-8H,4-6,9H2,1-3H3;4-7,9H2,1-3H3;6H,2-5,7-8H2,1H3;2-7H2,1H3. The van der Waals surface area contributed by atoms with Crippen LogP contribution >= 0.6 is 0 Å². The Kier molecular flexibility index (Phi) is 129. The van der Waals surface area contributed by atoms with Gasteiger partial charge in [-0.2, -0.15) is 0 Å². The monoisotopic (exact) mass is 2170 g/mol. The Balaban J connectivity index is -0.000000138. The molecule has 26 N–H and O–H groups in total. The fourth-order valence-corrected chi connectivity index (χ4v) is 8.87. The molecule has 0 aromatic carbocycles. The van der Waals surface area contributed by atoms with Gasteiger partial charge in [-0.25, -0.2) is 0 Å². The van der Waals surface area contributed by atoms with Gasteiger partial charge in [-0.15, -0.1) is 0 Å². The average Bonchev–Trinajstić information content (AvgIpc) is 0.882. The molecule has 16 atom stereocenters. The number of nitrogens with two attached hydrogens (primary N) is 13. The molecule has 0 aliphatic carbocycles. The molecule has 0 bridgehead atoms. The fourth-order valence-electron chi connectivity index (χ4n) is 8.87. The second-order valence-electron chi connectivity index (χ2n) is 44.8. The van der Waals surface area contributed by atoms with Crippen molar-refractivity contribution in [2.75, 3.05) is 192 Å². The molecule has 0 saturated heterocycles. The van der Waals surface area contributed by atoms with E-state index >= 15 is 0 Å². The zero-order valence-electron chi connectivity index (χ0n) is 106. The Morgan fingerprint density at radius 2 is 0.550 bits per heavy atom. The number of ether oxygens (including phenoxy) is 24. The van der Waals surface area contributed by atoms with Gasteiger partial charge in [0.2, 0.25) is 0 Å². The van der Waals surface area contributed by atoms with Gasteiger partial charge in [-0.3, -0.25) is 0 Å². The summed E-state index contributed by atoms with van der Waals surface area (Å²) in [5.74, 6) is 0.808. The minimum absolute atomic E-state index is 0.0408. The topological polar surface area (TPSA) is 560 Å². The SMILES string of the molecule is CC(C)(C)COC(C)(C)OCC(C)(C)N.CC(C)COC(C)(C)OCC(C)N.CC(C)COCOCC(C)N.CC(OCC(C)(C)C)OCC(C)(C)N.CC(OCCN)OCCN.CCC(C)COC(C)OCC(N)CC.CCC(C)COC(C)OCC(N)CC.CCC(C)COCOCC(N)CC.CCC(C)OC(C)(C)OC(C)CN.CCC(C)OC(C)OC(C)CN.CCCOC(C)(C)OCCN.CCCOCOCCN. The van der Waals surface area contributed by atoms with Crippen LogP contribution in [0.15, 0.2) is 0 Å². The highest BCUT2D eigenvalue weighted by Gasteiger charge is 2.28. The van der Waals surface area contributed by atoms with Gasteiger partial charge < -0.3 is 188 Å². The van der Waals surface area contributed by atoms with Crippen LogP contribution in [0.3, 0.4) is 0 Å². The molecule has 0 saturated carbocycles. The molecule has 0 rings (SSSR count). The van der Waals surface area contributed by atoms with Crippen LogP contribution < -0.4 is 74.5 Å². The molecule has 0 aromatic rings.